The van der Waals surface area contributed by atoms with Gasteiger partial charge in [-0.25, -0.2) is 4.98 Å². The zero-order chi connectivity index (χ0) is 9.97. The molecule has 0 aliphatic rings. The number of amides is 1. The van der Waals surface area contributed by atoms with E-state index in [1.165, 1.54) is 0 Å². The Morgan fingerprint density at radius 2 is 2.29 bits per heavy atom. The molecule has 2 aromatic rings. The number of para-hydroxylation sites is 2. The highest BCUT2D eigenvalue weighted by Gasteiger charge is 2.02. The molecule has 0 spiro atoms. The molecule has 4 heteroatoms. The van der Waals surface area contributed by atoms with E-state index in [9.17, 15) is 4.79 Å². The number of hydrogen-bond donors (Lipinski definition) is 1. The molecular weight excluding hydrogens is 178 g/mol. The van der Waals surface area contributed by atoms with Crippen molar-refractivity contribution in [3.8, 4) is 0 Å². The fraction of sp³-hybridized carbons (Fsp3) is 0.200. The van der Waals surface area contributed by atoms with Gasteiger partial charge in [0.2, 0.25) is 5.91 Å². The molecule has 0 saturated carbocycles. The third kappa shape index (κ3) is 1.59. The Bertz CT molecular complexity index is 461. The lowest BCUT2D eigenvalue weighted by atomic mass is 10.3. The Labute approximate surface area is 81.3 Å². The van der Waals surface area contributed by atoms with E-state index in [-0.39, 0.29) is 5.91 Å². The predicted octanol–water partition coefficient (Wildman–Crippen LogP) is 0.712. The number of nitrogens with two attached hydrogens (primary N) is 1. The van der Waals surface area contributed by atoms with Crippen LogP contribution in [0.5, 0.6) is 0 Å². The largest absolute Gasteiger partial charge is 0.370 e. The lowest BCUT2D eigenvalue weighted by molar-refractivity contribution is -0.118. The van der Waals surface area contributed by atoms with Gasteiger partial charge in [-0.05, 0) is 12.1 Å². The minimum atomic E-state index is -0.309. The smallest absolute Gasteiger partial charge is 0.219 e. The number of rotatable bonds is 3. The van der Waals surface area contributed by atoms with Crippen LogP contribution in [0.2, 0.25) is 0 Å². The number of carbonyl (C=O) groups is 1. The second kappa shape index (κ2) is 3.49. The van der Waals surface area contributed by atoms with Crippen LogP contribution in [0, 0.1) is 6.33 Å². The van der Waals surface area contributed by atoms with Crippen molar-refractivity contribution in [3.63, 3.8) is 0 Å². The predicted molar refractivity (Wildman–Crippen MR) is 52.4 cm³/mol. The highest BCUT2D eigenvalue weighted by molar-refractivity contribution is 5.76. The third-order valence-electron chi connectivity index (χ3n) is 2.05. The van der Waals surface area contributed by atoms with Gasteiger partial charge in [0.25, 0.3) is 0 Å². The molecule has 2 rings (SSSR count). The van der Waals surface area contributed by atoms with E-state index in [2.05, 4.69) is 11.3 Å². The molecule has 1 aromatic carbocycles. The van der Waals surface area contributed by atoms with Crippen LogP contribution in [0.25, 0.3) is 11.0 Å². The first-order valence-electron chi connectivity index (χ1n) is 4.38. The van der Waals surface area contributed by atoms with Crippen LogP contribution >= 0.6 is 0 Å². The molecule has 0 aliphatic carbocycles. The van der Waals surface area contributed by atoms with E-state index in [0.717, 1.165) is 11.0 Å². The zero-order valence-electron chi connectivity index (χ0n) is 7.60. The van der Waals surface area contributed by atoms with Crippen molar-refractivity contribution in [1.29, 1.82) is 0 Å². The first-order valence-corrected chi connectivity index (χ1v) is 4.38. The second-order valence-corrected chi connectivity index (χ2v) is 3.07. The highest BCUT2D eigenvalue weighted by atomic mass is 16.1. The fourth-order valence-electron chi connectivity index (χ4n) is 1.35. The average molecular weight is 188 g/mol. The van der Waals surface area contributed by atoms with Gasteiger partial charge < -0.3 is 10.3 Å². The second-order valence-electron chi connectivity index (χ2n) is 3.07. The molecule has 1 radical (unpaired) electrons. The van der Waals surface area contributed by atoms with E-state index >= 15 is 0 Å². The Hall–Kier alpha value is -1.84. The van der Waals surface area contributed by atoms with Gasteiger partial charge in [0, 0.05) is 13.0 Å². The topological polar surface area (TPSA) is 60.9 Å². The summed E-state index contributed by atoms with van der Waals surface area (Å²) in [5, 5.41) is 0. The third-order valence-corrected chi connectivity index (χ3v) is 2.05. The summed E-state index contributed by atoms with van der Waals surface area (Å²) >= 11 is 0. The lowest BCUT2D eigenvalue weighted by Gasteiger charge is -2.00. The van der Waals surface area contributed by atoms with Crippen LogP contribution in [-0.4, -0.2) is 15.5 Å². The minimum Gasteiger partial charge on any atom is -0.370 e. The number of carbonyl (C=O) groups excluding carboxylic acids is 1. The number of imidazole rings is 1. The average Bonchev–Trinajstić information content (AvgIpc) is 2.58. The SMILES string of the molecule is NC(=O)CCn1[c]nc2ccccc21. The van der Waals surface area contributed by atoms with E-state index in [4.69, 9.17) is 5.73 Å². The van der Waals surface area contributed by atoms with Crippen LogP contribution in [-0.2, 0) is 11.3 Å². The van der Waals surface area contributed by atoms with Gasteiger partial charge in [0.1, 0.15) is 0 Å². The Morgan fingerprint density at radius 1 is 1.50 bits per heavy atom. The normalized spacial score (nSPS) is 10.6. The van der Waals surface area contributed by atoms with E-state index in [1.807, 2.05) is 24.3 Å². The van der Waals surface area contributed by atoms with Gasteiger partial charge in [-0.1, -0.05) is 12.1 Å². The standard InChI is InChI=1S/C10H10N3O/c11-10(14)5-6-13-7-12-8-3-1-2-4-9(8)13/h1-4H,5-6H2,(H2,11,14). The summed E-state index contributed by atoms with van der Waals surface area (Å²) in [5.41, 5.74) is 6.93. The van der Waals surface area contributed by atoms with Crippen LogP contribution in [0.3, 0.4) is 0 Å². The maximum Gasteiger partial charge on any atom is 0.219 e. The summed E-state index contributed by atoms with van der Waals surface area (Å²) in [6, 6.07) is 7.70. The summed E-state index contributed by atoms with van der Waals surface area (Å²) in [6.07, 6.45) is 3.14. The van der Waals surface area contributed by atoms with Gasteiger partial charge >= 0.3 is 0 Å². The molecule has 4 nitrogen and oxygen atoms in total. The Morgan fingerprint density at radius 3 is 3.07 bits per heavy atom. The molecule has 14 heavy (non-hydrogen) atoms. The van der Waals surface area contributed by atoms with Gasteiger partial charge in [-0.2, -0.15) is 0 Å². The number of fused-ring (bicyclic) bond motifs is 1. The number of aryl methyl sites for hydroxylation is 1. The van der Waals surface area contributed by atoms with E-state index in [1.54, 1.807) is 4.57 Å². The number of primary amides is 1. The molecule has 2 N–H and O–H groups in total. The fourth-order valence-corrected chi connectivity index (χ4v) is 1.35. The van der Waals surface area contributed by atoms with Crippen LogP contribution in [0.4, 0.5) is 0 Å². The molecular formula is C10H10N3O. The molecule has 0 bridgehead atoms. The summed E-state index contributed by atoms with van der Waals surface area (Å²) in [7, 11) is 0. The number of hydrogen-bond acceptors (Lipinski definition) is 2. The van der Waals surface area contributed by atoms with Crippen molar-refractivity contribution < 1.29 is 4.79 Å². The zero-order valence-corrected chi connectivity index (χ0v) is 7.60. The van der Waals surface area contributed by atoms with Crippen molar-refractivity contribution in [1.82, 2.24) is 9.55 Å². The molecule has 0 aliphatic heterocycles. The van der Waals surface area contributed by atoms with E-state index < -0.39 is 0 Å². The van der Waals surface area contributed by atoms with Crippen molar-refractivity contribution in [2.75, 3.05) is 0 Å². The van der Waals surface area contributed by atoms with Crippen LogP contribution < -0.4 is 5.73 Å². The molecule has 1 amide bonds. The van der Waals surface area contributed by atoms with Gasteiger partial charge in [-0.15, -0.1) is 0 Å². The van der Waals surface area contributed by atoms with E-state index in [0.29, 0.717) is 13.0 Å². The highest BCUT2D eigenvalue weighted by Crippen LogP contribution is 2.11. The van der Waals surface area contributed by atoms with Crippen LogP contribution in [0.15, 0.2) is 24.3 Å². The first-order chi connectivity index (χ1) is 6.77. The summed E-state index contributed by atoms with van der Waals surface area (Å²) in [6.45, 7) is 0.538. The number of benzene rings is 1. The summed E-state index contributed by atoms with van der Waals surface area (Å²) < 4.78 is 1.81. The van der Waals surface area contributed by atoms with Crippen LogP contribution in [0.1, 0.15) is 6.42 Å². The van der Waals surface area contributed by atoms with Crippen molar-refractivity contribution in [3.05, 3.63) is 30.6 Å². The minimum absolute atomic E-state index is 0.309. The number of nitrogens with zero attached hydrogens (tertiary/aromatic N) is 2. The molecule has 0 saturated heterocycles. The van der Waals surface area contributed by atoms with Crippen molar-refractivity contribution >= 4 is 16.9 Å². The Kier molecular flexibility index (Phi) is 2.18. The molecule has 0 atom stereocenters. The first kappa shape index (κ1) is 8.74. The summed E-state index contributed by atoms with van der Waals surface area (Å²) in [4.78, 5) is 14.7. The Balaban J connectivity index is 2.29. The molecule has 1 heterocycles. The molecule has 0 fully saturated rings. The quantitative estimate of drug-likeness (QED) is 0.771. The van der Waals surface area contributed by atoms with Gasteiger partial charge in [0.15, 0.2) is 6.33 Å². The van der Waals surface area contributed by atoms with Crippen molar-refractivity contribution in [2.24, 2.45) is 5.73 Å². The summed E-state index contributed by atoms with van der Waals surface area (Å²) in [5.74, 6) is -0.309. The van der Waals surface area contributed by atoms with Gasteiger partial charge in [0.05, 0.1) is 11.0 Å². The lowest BCUT2D eigenvalue weighted by Crippen LogP contribution is -2.13. The van der Waals surface area contributed by atoms with Crippen molar-refractivity contribution in [2.45, 2.75) is 13.0 Å². The molecule has 71 valence electrons. The van der Waals surface area contributed by atoms with Gasteiger partial charge in [-0.3, -0.25) is 4.79 Å². The molecule has 1 aromatic heterocycles. The molecule has 0 unspecified atom stereocenters. The monoisotopic (exact) mass is 188 g/mol. The maximum atomic E-state index is 10.6. The maximum absolute atomic E-state index is 10.6. The number of aromatic nitrogens is 2.